The molecule has 0 heterocycles. The largest absolute Gasteiger partial charge is 0.198 e. The van der Waals surface area contributed by atoms with Crippen LogP contribution < -0.4 is 0 Å². The Balaban J connectivity index is 1.51. The number of unbranched alkanes of at least 4 members (excludes halogenated alkanes) is 4. The normalized spacial score (nSPS) is 31.2. The van der Waals surface area contributed by atoms with E-state index in [1.165, 1.54) is 96.3 Å². The zero-order valence-corrected chi connectivity index (χ0v) is 16.0. The van der Waals surface area contributed by atoms with E-state index < -0.39 is 0 Å². The van der Waals surface area contributed by atoms with Gasteiger partial charge in [0.2, 0.25) is 0 Å². The summed E-state index contributed by atoms with van der Waals surface area (Å²) >= 11 is 0. The molecule has 2 saturated carbocycles. The Kier molecular flexibility index (Phi) is 9.55. The number of hydrogen-bond donors (Lipinski definition) is 0. The van der Waals surface area contributed by atoms with E-state index in [4.69, 9.17) is 5.26 Å². The maximum atomic E-state index is 9.04. The van der Waals surface area contributed by atoms with E-state index in [0.29, 0.717) is 5.92 Å². The van der Waals surface area contributed by atoms with Crippen molar-refractivity contribution in [3.63, 3.8) is 0 Å². The molecule has 0 spiro atoms. The van der Waals surface area contributed by atoms with Gasteiger partial charge in [-0.2, -0.15) is 5.26 Å². The summed E-state index contributed by atoms with van der Waals surface area (Å²) in [5, 5.41) is 9.04. The molecule has 0 unspecified atom stereocenters. The number of hydrogen-bond acceptors (Lipinski definition) is 1. The van der Waals surface area contributed by atoms with Gasteiger partial charge in [-0.15, -0.1) is 0 Å². The monoisotopic (exact) mass is 329 g/mol. The van der Waals surface area contributed by atoms with E-state index in [1.54, 1.807) is 0 Å². The van der Waals surface area contributed by atoms with Crippen LogP contribution in [0.4, 0.5) is 0 Å². The lowest BCUT2D eigenvalue weighted by atomic mass is 9.69. The predicted molar refractivity (Wildman–Crippen MR) is 104 cm³/mol. The van der Waals surface area contributed by atoms with Gasteiger partial charge in [0, 0.05) is 5.92 Å². The van der Waals surface area contributed by atoms with Crippen molar-refractivity contribution in [2.75, 3.05) is 0 Å². The van der Waals surface area contributed by atoms with Crippen LogP contribution in [0.25, 0.3) is 0 Å². The van der Waals surface area contributed by atoms with Gasteiger partial charge in [0.15, 0.2) is 0 Å². The van der Waals surface area contributed by atoms with Crippen molar-refractivity contribution in [3.05, 3.63) is 12.2 Å². The summed E-state index contributed by atoms with van der Waals surface area (Å²) in [5.74, 6) is 3.30. The number of nitriles is 1. The lowest BCUT2D eigenvalue weighted by Gasteiger charge is -2.36. The Morgan fingerprint density at radius 2 is 1.38 bits per heavy atom. The summed E-state index contributed by atoms with van der Waals surface area (Å²) in [5.41, 5.74) is 0. The van der Waals surface area contributed by atoms with Gasteiger partial charge in [0.25, 0.3) is 0 Å². The molecule has 2 aliphatic rings. The highest BCUT2D eigenvalue weighted by molar-refractivity contribution is 4.89. The molecule has 0 aromatic rings. The molecule has 2 rings (SSSR count). The van der Waals surface area contributed by atoms with Crippen LogP contribution in [-0.4, -0.2) is 0 Å². The SMILES string of the molecule is CCCCC/C=C\CCC[C@H]1CC[C@H]([C@H]2CC[C@H](C#N)CC2)CC1. The van der Waals surface area contributed by atoms with E-state index in [9.17, 15) is 0 Å². The zero-order chi connectivity index (χ0) is 17.0. The van der Waals surface area contributed by atoms with Crippen molar-refractivity contribution in [3.8, 4) is 6.07 Å². The van der Waals surface area contributed by atoms with Gasteiger partial charge in [-0.3, -0.25) is 0 Å². The minimum Gasteiger partial charge on any atom is -0.198 e. The molecule has 0 radical (unpaired) electrons. The van der Waals surface area contributed by atoms with Crippen molar-refractivity contribution in [2.45, 2.75) is 103 Å². The summed E-state index contributed by atoms with van der Waals surface area (Å²) in [4.78, 5) is 0. The number of nitrogens with zero attached hydrogens (tertiary/aromatic N) is 1. The Morgan fingerprint density at radius 3 is 1.96 bits per heavy atom. The van der Waals surface area contributed by atoms with Crippen LogP contribution in [0.3, 0.4) is 0 Å². The second-order valence-corrected chi connectivity index (χ2v) is 8.42. The molecule has 0 N–H and O–H groups in total. The topological polar surface area (TPSA) is 23.8 Å². The van der Waals surface area contributed by atoms with Crippen molar-refractivity contribution < 1.29 is 0 Å². The molecule has 0 atom stereocenters. The molecular weight excluding hydrogens is 290 g/mol. The zero-order valence-electron chi connectivity index (χ0n) is 16.0. The second kappa shape index (κ2) is 11.7. The third-order valence-electron chi connectivity index (χ3n) is 6.64. The highest BCUT2D eigenvalue weighted by atomic mass is 14.4. The van der Waals surface area contributed by atoms with Crippen LogP contribution in [-0.2, 0) is 0 Å². The Bertz CT molecular complexity index is 375. The van der Waals surface area contributed by atoms with E-state index in [1.807, 2.05) is 0 Å². The molecule has 0 bridgehead atoms. The molecule has 2 aliphatic carbocycles. The second-order valence-electron chi connectivity index (χ2n) is 8.42. The molecule has 0 amide bonds. The Morgan fingerprint density at radius 1 is 0.792 bits per heavy atom. The summed E-state index contributed by atoms with van der Waals surface area (Å²) in [6.45, 7) is 2.27. The third-order valence-corrected chi connectivity index (χ3v) is 6.64. The van der Waals surface area contributed by atoms with E-state index in [2.05, 4.69) is 25.1 Å². The average molecular weight is 330 g/mol. The van der Waals surface area contributed by atoms with Gasteiger partial charge in [-0.05, 0) is 82.0 Å². The van der Waals surface area contributed by atoms with E-state index in [0.717, 1.165) is 17.8 Å². The lowest BCUT2D eigenvalue weighted by Crippen LogP contribution is -2.25. The van der Waals surface area contributed by atoms with Gasteiger partial charge in [0.05, 0.1) is 6.07 Å². The number of allylic oxidation sites excluding steroid dienone is 2. The summed E-state index contributed by atoms with van der Waals surface area (Å²) in [7, 11) is 0. The molecule has 1 nitrogen and oxygen atoms in total. The fourth-order valence-electron chi connectivity index (χ4n) is 4.94. The molecule has 0 aromatic heterocycles. The average Bonchev–Trinajstić information content (AvgIpc) is 2.64. The van der Waals surface area contributed by atoms with Gasteiger partial charge < -0.3 is 0 Å². The summed E-state index contributed by atoms with van der Waals surface area (Å²) in [6, 6.07) is 2.48. The van der Waals surface area contributed by atoms with Gasteiger partial charge in [0.1, 0.15) is 0 Å². The van der Waals surface area contributed by atoms with E-state index >= 15 is 0 Å². The standard InChI is InChI=1S/C23H39N/c1-2-3-4-5-6-7-8-9-10-20-11-15-22(16-12-20)23-17-13-21(19-24)14-18-23/h6-7,20-23H,2-5,8-18H2,1H3/b7-6-/t20-,21-,22-,23-. The summed E-state index contributed by atoms with van der Waals surface area (Å²) in [6.07, 6.45) is 25.2. The van der Waals surface area contributed by atoms with Gasteiger partial charge >= 0.3 is 0 Å². The van der Waals surface area contributed by atoms with Crippen molar-refractivity contribution in [1.29, 1.82) is 5.26 Å². The van der Waals surface area contributed by atoms with Crippen LogP contribution in [0, 0.1) is 35.0 Å². The molecule has 0 saturated heterocycles. The Hall–Kier alpha value is -0.770. The van der Waals surface area contributed by atoms with Crippen molar-refractivity contribution in [1.82, 2.24) is 0 Å². The highest BCUT2D eigenvalue weighted by Crippen LogP contribution is 2.42. The minimum absolute atomic E-state index is 0.368. The number of rotatable bonds is 9. The van der Waals surface area contributed by atoms with Gasteiger partial charge in [-0.25, -0.2) is 0 Å². The Labute approximate surface area is 150 Å². The van der Waals surface area contributed by atoms with Crippen molar-refractivity contribution in [2.24, 2.45) is 23.7 Å². The first-order chi connectivity index (χ1) is 11.8. The van der Waals surface area contributed by atoms with Crippen LogP contribution in [0.5, 0.6) is 0 Å². The fourth-order valence-corrected chi connectivity index (χ4v) is 4.94. The van der Waals surface area contributed by atoms with Gasteiger partial charge in [-0.1, -0.05) is 51.2 Å². The third kappa shape index (κ3) is 7.00. The minimum atomic E-state index is 0.368. The van der Waals surface area contributed by atoms with Crippen LogP contribution >= 0.6 is 0 Å². The smallest absolute Gasteiger partial charge is 0.0655 e. The maximum absolute atomic E-state index is 9.04. The molecule has 24 heavy (non-hydrogen) atoms. The predicted octanol–water partition coefficient (Wildman–Crippen LogP) is 7.43. The van der Waals surface area contributed by atoms with E-state index in [-0.39, 0.29) is 0 Å². The molecular formula is C23H39N. The van der Waals surface area contributed by atoms with Crippen LogP contribution in [0.15, 0.2) is 12.2 Å². The molecule has 2 fully saturated rings. The first-order valence-electron chi connectivity index (χ1n) is 10.9. The molecule has 136 valence electrons. The fraction of sp³-hybridized carbons (Fsp3) is 0.870. The summed E-state index contributed by atoms with van der Waals surface area (Å²) < 4.78 is 0. The quantitative estimate of drug-likeness (QED) is 0.319. The van der Waals surface area contributed by atoms with Crippen LogP contribution in [0.2, 0.25) is 0 Å². The highest BCUT2D eigenvalue weighted by Gasteiger charge is 2.30. The molecule has 0 aromatic carbocycles. The maximum Gasteiger partial charge on any atom is 0.0655 e. The lowest BCUT2D eigenvalue weighted by molar-refractivity contribution is 0.153. The van der Waals surface area contributed by atoms with Crippen molar-refractivity contribution >= 4 is 0 Å². The molecule has 1 heteroatoms. The first kappa shape index (κ1) is 19.6. The first-order valence-corrected chi connectivity index (χ1v) is 10.9. The van der Waals surface area contributed by atoms with Crippen LogP contribution in [0.1, 0.15) is 103 Å². The molecule has 0 aliphatic heterocycles.